The first-order valence-corrected chi connectivity index (χ1v) is 6.16. The molecule has 0 spiro atoms. The van der Waals surface area contributed by atoms with Crippen LogP contribution < -0.4 is 10.5 Å². The molecule has 96 valence electrons. The Kier molecular flexibility index (Phi) is 3.87. The number of ether oxygens (including phenoxy) is 1. The number of nitrogen functional groups attached to an aromatic ring is 1. The van der Waals surface area contributed by atoms with Gasteiger partial charge >= 0.3 is 0 Å². The molecule has 0 saturated heterocycles. The standard InChI is InChI=1S/C14H19N3O/c1-11(2)13-5-3-4-6-14(13)18-8-7-17-10-12(15)9-16-17/h3-6,9-11H,7-8,15H2,1-2H3. The Bertz CT molecular complexity index is 505. The molecule has 0 aliphatic carbocycles. The van der Waals surface area contributed by atoms with Gasteiger partial charge in [-0.25, -0.2) is 0 Å². The van der Waals surface area contributed by atoms with Crippen LogP contribution in [0.4, 0.5) is 5.69 Å². The van der Waals surface area contributed by atoms with Crippen molar-refractivity contribution in [2.24, 2.45) is 0 Å². The summed E-state index contributed by atoms with van der Waals surface area (Å²) in [7, 11) is 0. The molecule has 0 aliphatic heterocycles. The highest BCUT2D eigenvalue weighted by molar-refractivity contribution is 5.35. The number of para-hydroxylation sites is 1. The van der Waals surface area contributed by atoms with Crippen LogP contribution in [0, 0.1) is 0 Å². The van der Waals surface area contributed by atoms with Gasteiger partial charge in [0.2, 0.25) is 0 Å². The molecule has 0 aliphatic rings. The molecule has 0 amide bonds. The number of nitrogens with two attached hydrogens (primary N) is 1. The molecule has 2 aromatic rings. The van der Waals surface area contributed by atoms with Crippen LogP contribution in [-0.4, -0.2) is 16.4 Å². The predicted molar refractivity (Wildman–Crippen MR) is 72.7 cm³/mol. The van der Waals surface area contributed by atoms with Gasteiger partial charge < -0.3 is 10.5 Å². The van der Waals surface area contributed by atoms with Crippen molar-refractivity contribution < 1.29 is 4.74 Å². The summed E-state index contributed by atoms with van der Waals surface area (Å²) in [6.07, 6.45) is 3.44. The lowest BCUT2D eigenvalue weighted by molar-refractivity contribution is 0.288. The largest absolute Gasteiger partial charge is 0.491 e. The van der Waals surface area contributed by atoms with E-state index < -0.39 is 0 Å². The van der Waals surface area contributed by atoms with Gasteiger partial charge in [0.15, 0.2) is 0 Å². The zero-order valence-electron chi connectivity index (χ0n) is 10.8. The van der Waals surface area contributed by atoms with Crippen molar-refractivity contribution in [3.05, 3.63) is 42.2 Å². The second-order valence-electron chi connectivity index (χ2n) is 4.58. The summed E-state index contributed by atoms with van der Waals surface area (Å²) in [5.74, 6) is 1.41. The summed E-state index contributed by atoms with van der Waals surface area (Å²) in [4.78, 5) is 0. The molecule has 1 heterocycles. The third kappa shape index (κ3) is 3.03. The first-order chi connectivity index (χ1) is 8.66. The zero-order valence-corrected chi connectivity index (χ0v) is 10.8. The summed E-state index contributed by atoms with van der Waals surface area (Å²) < 4.78 is 7.60. The van der Waals surface area contributed by atoms with Gasteiger partial charge in [-0.1, -0.05) is 32.0 Å². The number of hydrogen-bond donors (Lipinski definition) is 1. The number of benzene rings is 1. The van der Waals surface area contributed by atoms with Gasteiger partial charge in [-0.3, -0.25) is 4.68 Å². The number of nitrogens with zero attached hydrogens (tertiary/aromatic N) is 2. The van der Waals surface area contributed by atoms with E-state index in [0.29, 0.717) is 24.8 Å². The van der Waals surface area contributed by atoms with Crippen molar-refractivity contribution in [2.45, 2.75) is 26.3 Å². The Balaban J connectivity index is 1.94. The van der Waals surface area contributed by atoms with Gasteiger partial charge in [0.25, 0.3) is 0 Å². The maximum absolute atomic E-state index is 5.81. The second kappa shape index (κ2) is 5.58. The number of rotatable bonds is 5. The van der Waals surface area contributed by atoms with E-state index >= 15 is 0 Å². The van der Waals surface area contributed by atoms with Gasteiger partial charge in [0.1, 0.15) is 12.4 Å². The highest BCUT2D eigenvalue weighted by atomic mass is 16.5. The molecule has 2 N–H and O–H groups in total. The van der Waals surface area contributed by atoms with Gasteiger partial charge in [0, 0.05) is 6.20 Å². The minimum Gasteiger partial charge on any atom is -0.491 e. The SMILES string of the molecule is CC(C)c1ccccc1OCCn1cc(N)cn1. The van der Waals surface area contributed by atoms with E-state index in [2.05, 4.69) is 25.0 Å². The van der Waals surface area contributed by atoms with E-state index in [1.165, 1.54) is 5.56 Å². The molecule has 0 bridgehead atoms. The Labute approximate surface area is 107 Å². The molecular weight excluding hydrogens is 226 g/mol. The zero-order chi connectivity index (χ0) is 13.0. The van der Waals surface area contributed by atoms with Crippen molar-refractivity contribution in [1.29, 1.82) is 0 Å². The molecule has 0 fully saturated rings. The first kappa shape index (κ1) is 12.5. The minimum atomic E-state index is 0.460. The smallest absolute Gasteiger partial charge is 0.122 e. The molecule has 0 saturated carbocycles. The molecule has 4 heteroatoms. The van der Waals surface area contributed by atoms with Crippen molar-refractivity contribution >= 4 is 5.69 Å². The van der Waals surface area contributed by atoms with Gasteiger partial charge in [-0.2, -0.15) is 5.10 Å². The lowest BCUT2D eigenvalue weighted by Gasteiger charge is -2.13. The Morgan fingerprint density at radius 1 is 1.33 bits per heavy atom. The maximum atomic E-state index is 5.81. The lowest BCUT2D eigenvalue weighted by atomic mass is 10.0. The average Bonchev–Trinajstić information content (AvgIpc) is 2.75. The Hall–Kier alpha value is -1.97. The highest BCUT2D eigenvalue weighted by Gasteiger charge is 2.06. The fourth-order valence-electron chi connectivity index (χ4n) is 1.84. The van der Waals surface area contributed by atoms with Crippen LogP contribution in [0.5, 0.6) is 5.75 Å². The van der Waals surface area contributed by atoms with E-state index in [1.807, 2.05) is 18.2 Å². The van der Waals surface area contributed by atoms with Crippen LogP contribution in [0.15, 0.2) is 36.7 Å². The van der Waals surface area contributed by atoms with E-state index in [9.17, 15) is 0 Å². The molecule has 4 nitrogen and oxygen atoms in total. The van der Waals surface area contributed by atoms with Gasteiger partial charge in [-0.05, 0) is 17.5 Å². The minimum absolute atomic E-state index is 0.460. The van der Waals surface area contributed by atoms with Crippen LogP contribution in [0.1, 0.15) is 25.3 Å². The number of hydrogen-bond acceptors (Lipinski definition) is 3. The molecule has 1 aromatic heterocycles. The topological polar surface area (TPSA) is 53.1 Å². The van der Waals surface area contributed by atoms with Gasteiger partial charge in [-0.15, -0.1) is 0 Å². The average molecular weight is 245 g/mol. The van der Waals surface area contributed by atoms with Gasteiger partial charge in [0.05, 0.1) is 18.4 Å². The van der Waals surface area contributed by atoms with Crippen LogP contribution in [0.25, 0.3) is 0 Å². The fraction of sp³-hybridized carbons (Fsp3) is 0.357. The van der Waals surface area contributed by atoms with Crippen LogP contribution in [0.2, 0.25) is 0 Å². The summed E-state index contributed by atoms with van der Waals surface area (Å²) in [5.41, 5.74) is 7.51. The maximum Gasteiger partial charge on any atom is 0.122 e. The third-order valence-electron chi connectivity index (χ3n) is 2.77. The predicted octanol–water partition coefficient (Wildman–Crippen LogP) is 2.67. The molecule has 18 heavy (non-hydrogen) atoms. The van der Waals surface area contributed by atoms with E-state index in [1.54, 1.807) is 17.1 Å². The molecule has 0 radical (unpaired) electrons. The monoisotopic (exact) mass is 245 g/mol. The number of aromatic nitrogens is 2. The van der Waals surface area contributed by atoms with Crippen LogP contribution >= 0.6 is 0 Å². The normalized spacial score (nSPS) is 10.8. The van der Waals surface area contributed by atoms with Crippen molar-refractivity contribution in [2.75, 3.05) is 12.3 Å². The highest BCUT2D eigenvalue weighted by Crippen LogP contribution is 2.25. The van der Waals surface area contributed by atoms with E-state index in [-0.39, 0.29) is 0 Å². The van der Waals surface area contributed by atoms with E-state index in [4.69, 9.17) is 10.5 Å². The summed E-state index contributed by atoms with van der Waals surface area (Å²) >= 11 is 0. The molecule has 0 atom stereocenters. The fourth-order valence-corrected chi connectivity index (χ4v) is 1.84. The molecule has 2 rings (SSSR count). The number of anilines is 1. The third-order valence-corrected chi connectivity index (χ3v) is 2.77. The first-order valence-electron chi connectivity index (χ1n) is 6.16. The Morgan fingerprint density at radius 3 is 2.78 bits per heavy atom. The Morgan fingerprint density at radius 2 is 2.11 bits per heavy atom. The summed E-state index contributed by atoms with van der Waals surface area (Å²) in [6.45, 7) is 5.61. The summed E-state index contributed by atoms with van der Waals surface area (Å²) in [5, 5.41) is 4.12. The molecule has 0 unspecified atom stereocenters. The summed E-state index contributed by atoms with van der Waals surface area (Å²) in [6, 6.07) is 8.14. The van der Waals surface area contributed by atoms with Crippen molar-refractivity contribution in [3.8, 4) is 5.75 Å². The van der Waals surface area contributed by atoms with Crippen LogP contribution in [0.3, 0.4) is 0 Å². The van der Waals surface area contributed by atoms with Crippen LogP contribution in [-0.2, 0) is 6.54 Å². The van der Waals surface area contributed by atoms with E-state index in [0.717, 1.165) is 5.75 Å². The molecular formula is C14H19N3O. The second-order valence-corrected chi connectivity index (χ2v) is 4.58. The molecule has 1 aromatic carbocycles. The van der Waals surface area contributed by atoms with Crippen molar-refractivity contribution in [3.63, 3.8) is 0 Å². The lowest BCUT2D eigenvalue weighted by Crippen LogP contribution is -2.09. The quantitative estimate of drug-likeness (QED) is 0.881. The van der Waals surface area contributed by atoms with Crippen molar-refractivity contribution in [1.82, 2.24) is 9.78 Å².